The van der Waals surface area contributed by atoms with Crippen molar-refractivity contribution in [2.24, 2.45) is 0 Å². The number of thiocarbonyl (C=S) groups is 1. The highest BCUT2D eigenvalue weighted by Crippen LogP contribution is 2.39. The monoisotopic (exact) mass is 540 g/mol. The minimum absolute atomic E-state index is 0.0689. The van der Waals surface area contributed by atoms with Crippen LogP contribution in [0.5, 0.6) is 0 Å². The zero-order chi connectivity index (χ0) is 25.7. The van der Waals surface area contributed by atoms with Gasteiger partial charge in [-0.1, -0.05) is 43.0 Å². The van der Waals surface area contributed by atoms with Crippen LogP contribution in [0.4, 0.5) is 17.6 Å². The Morgan fingerprint density at radius 3 is 2.35 bits per heavy atom. The van der Waals surface area contributed by atoms with Crippen molar-refractivity contribution in [1.29, 1.82) is 0 Å². The average molecular weight is 541 g/mol. The highest BCUT2D eigenvalue weighted by atomic mass is 35.5. The highest BCUT2D eigenvalue weighted by Gasteiger charge is 2.34. The lowest BCUT2D eigenvalue weighted by Gasteiger charge is -2.38. The average Bonchev–Trinajstić information content (AvgIpc) is 2.93. The number of hydrogen-bond acceptors (Lipinski definition) is 5. The molecule has 5 rings (SSSR count). The first kappa shape index (κ1) is 26.5. The summed E-state index contributed by atoms with van der Waals surface area (Å²) in [5.74, 6) is 2.62. The van der Waals surface area contributed by atoms with Crippen LogP contribution in [-0.4, -0.2) is 47.3 Å². The van der Waals surface area contributed by atoms with Crippen molar-refractivity contribution in [2.75, 3.05) is 41.3 Å². The Morgan fingerprint density at radius 2 is 1.62 bits per heavy atom. The topological polar surface area (TPSA) is 56.3 Å². The molecule has 2 N–H and O–H groups in total. The zero-order valence-electron chi connectivity index (χ0n) is 22.1. The number of hydrogen-bond donors (Lipinski definition) is 2. The molecule has 1 atom stereocenters. The maximum Gasteiger partial charge on any atom is 0.232 e. The van der Waals surface area contributed by atoms with E-state index in [2.05, 4.69) is 45.6 Å². The normalized spacial score (nSPS) is 21.9. The zero-order valence-corrected chi connectivity index (χ0v) is 23.7. The van der Waals surface area contributed by atoms with E-state index in [4.69, 9.17) is 33.8 Å². The summed E-state index contributed by atoms with van der Waals surface area (Å²) in [6.07, 6.45) is 13.5. The van der Waals surface area contributed by atoms with E-state index < -0.39 is 0 Å². The van der Waals surface area contributed by atoms with Gasteiger partial charge in [-0.2, -0.15) is 9.97 Å². The van der Waals surface area contributed by atoms with E-state index in [1.807, 2.05) is 12.1 Å². The molecular formula is C29H41ClN6S. The summed E-state index contributed by atoms with van der Waals surface area (Å²) in [4.78, 5) is 14.7. The predicted molar refractivity (Wildman–Crippen MR) is 159 cm³/mol. The van der Waals surface area contributed by atoms with Gasteiger partial charge in [0.15, 0.2) is 5.11 Å². The number of aromatic nitrogens is 2. The van der Waals surface area contributed by atoms with Crippen LogP contribution in [0.25, 0.3) is 0 Å². The maximum absolute atomic E-state index is 6.19. The highest BCUT2D eigenvalue weighted by molar-refractivity contribution is 7.80. The molecule has 1 aromatic heterocycles. The summed E-state index contributed by atoms with van der Waals surface area (Å²) in [5.41, 5.74) is 1.41. The molecule has 6 nitrogen and oxygen atoms in total. The molecule has 3 fully saturated rings. The fourth-order valence-electron chi connectivity index (χ4n) is 6.34. The van der Waals surface area contributed by atoms with E-state index in [-0.39, 0.29) is 5.41 Å². The lowest BCUT2D eigenvalue weighted by Crippen LogP contribution is -2.44. The lowest BCUT2D eigenvalue weighted by molar-refractivity contribution is 0.292. The van der Waals surface area contributed by atoms with Crippen LogP contribution in [0.2, 0.25) is 5.02 Å². The second-order valence-electron chi connectivity index (χ2n) is 11.1. The minimum Gasteiger partial charge on any atom is -0.361 e. The van der Waals surface area contributed by atoms with E-state index in [1.165, 1.54) is 63.4 Å². The Kier molecular flexibility index (Phi) is 8.71. The first-order valence-electron chi connectivity index (χ1n) is 14.2. The maximum atomic E-state index is 6.19. The molecule has 8 heteroatoms. The van der Waals surface area contributed by atoms with Crippen LogP contribution < -0.4 is 20.4 Å². The van der Waals surface area contributed by atoms with Crippen molar-refractivity contribution >= 4 is 46.5 Å². The smallest absolute Gasteiger partial charge is 0.232 e. The quantitative estimate of drug-likeness (QED) is 0.396. The molecule has 0 spiro atoms. The van der Waals surface area contributed by atoms with Crippen LogP contribution in [0, 0.1) is 0 Å². The van der Waals surface area contributed by atoms with E-state index >= 15 is 0 Å². The standard InChI is InChI=1S/C29H41ClN6S/c1-22-10-4-9-19-36(22)26-20-25(35-17-7-3-8-18-35)32-27(33-26)34-28(37)31-21-29(15-5-2-6-16-29)23-11-13-24(30)14-12-23/h11-14,20,22H,2-10,15-19,21H2,1H3,(H2,31,32,33,34,37)/t22-/m0/s1. The molecule has 0 amide bonds. The molecule has 2 aromatic rings. The summed E-state index contributed by atoms with van der Waals surface area (Å²) < 4.78 is 0. The van der Waals surface area contributed by atoms with Crippen molar-refractivity contribution < 1.29 is 0 Å². The van der Waals surface area contributed by atoms with Gasteiger partial charge in [0.2, 0.25) is 5.95 Å². The first-order valence-corrected chi connectivity index (χ1v) is 15.0. The molecule has 2 saturated heterocycles. The molecular weight excluding hydrogens is 500 g/mol. The van der Waals surface area contributed by atoms with Gasteiger partial charge in [0.25, 0.3) is 0 Å². The van der Waals surface area contributed by atoms with Gasteiger partial charge in [-0.15, -0.1) is 0 Å². The molecule has 3 aliphatic rings. The SMILES string of the molecule is C[C@H]1CCCCN1c1cc(N2CCCCC2)nc(NC(=S)NCC2(c3ccc(Cl)cc3)CCCCC2)n1. The summed E-state index contributed by atoms with van der Waals surface area (Å²) in [7, 11) is 0. The molecule has 37 heavy (non-hydrogen) atoms. The molecule has 3 heterocycles. The first-order chi connectivity index (χ1) is 18.0. The molecule has 0 radical (unpaired) electrons. The van der Waals surface area contributed by atoms with Gasteiger partial charge in [0.1, 0.15) is 11.6 Å². The van der Waals surface area contributed by atoms with Crippen LogP contribution in [0.15, 0.2) is 30.3 Å². The van der Waals surface area contributed by atoms with Gasteiger partial charge >= 0.3 is 0 Å². The molecule has 1 aromatic carbocycles. The number of anilines is 3. The second kappa shape index (κ2) is 12.2. The van der Waals surface area contributed by atoms with E-state index in [0.717, 1.165) is 55.7 Å². The molecule has 2 aliphatic heterocycles. The third-order valence-electron chi connectivity index (χ3n) is 8.56. The van der Waals surface area contributed by atoms with Crippen LogP contribution in [0.3, 0.4) is 0 Å². The third-order valence-corrected chi connectivity index (χ3v) is 9.05. The van der Waals surface area contributed by atoms with Crippen molar-refractivity contribution in [3.63, 3.8) is 0 Å². The molecule has 200 valence electrons. The van der Waals surface area contributed by atoms with Crippen molar-refractivity contribution in [3.05, 3.63) is 40.9 Å². The predicted octanol–water partition coefficient (Wildman–Crippen LogP) is 6.69. The third kappa shape index (κ3) is 6.48. The fraction of sp³-hybridized carbons (Fsp3) is 0.621. The summed E-state index contributed by atoms with van der Waals surface area (Å²) in [5, 5.41) is 8.27. The van der Waals surface area contributed by atoms with Gasteiger partial charge < -0.3 is 20.4 Å². The summed E-state index contributed by atoms with van der Waals surface area (Å²) in [6, 6.07) is 11.1. The summed E-state index contributed by atoms with van der Waals surface area (Å²) >= 11 is 12.0. The fourth-order valence-corrected chi connectivity index (χ4v) is 6.63. The van der Waals surface area contributed by atoms with Gasteiger partial charge in [0, 0.05) is 48.7 Å². The van der Waals surface area contributed by atoms with Crippen LogP contribution in [-0.2, 0) is 5.41 Å². The van der Waals surface area contributed by atoms with Crippen LogP contribution >= 0.6 is 23.8 Å². The Morgan fingerprint density at radius 1 is 0.946 bits per heavy atom. The number of benzene rings is 1. The van der Waals surface area contributed by atoms with Gasteiger partial charge in [-0.25, -0.2) is 0 Å². The Hall–Kier alpha value is -2.12. The summed E-state index contributed by atoms with van der Waals surface area (Å²) in [6.45, 7) is 6.25. The van der Waals surface area contributed by atoms with Gasteiger partial charge in [-0.05, 0) is 88.2 Å². The number of piperidine rings is 2. The Balaban J connectivity index is 1.33. The Labute approximate surface area is 232 Å². The number of halogens is 1. The second-order valence-corrected chi connectivity index (χ2v) is 12.0. The van der Waals surface area contributed by atoms with E-state index in [1.54, 1.807) is 0 Å². The molecule has 0 bridgehead atoms. The van der Waals surface area contributed by atoms with Crippen molar-refractivity contribution in [3.8, 4) is 0 Å². The van der Waals surface area contributed by atoms with E-state index in [0.29, 0.717) is 17.1 Å². The number of rotatable bonds is 6. The Bertz CT molecular complexity index is 1050. The van der Waals surface area contributed by atoms with Gasteiger partial charge in [0.05, 0.1) is 0 Å². The minimum atomic E-state index is 0.0689. The lowest BCUT2D eigenvalue weighted by atomic mass is 9.69. The molecule has 1 saturated carbocycles. The largest absolute Gasteiger partial charge is 0.361 e. The van der Waals surface area contributed by atoms with Crippen molar-refractivity contribution in [1.82, 2.24) is 15.3 Å². The number of nitrogens with one attached hydrogen (secondary N) is 2. The van der Waals surface area contributed by atoms with E-state index in [9.17, 15) is 0 Å². The van der Waals surface area contributed by atoms with Crippen molar-refractivity contribution in [2.45, 2.75) is 89.0 Å². The van der Waals surface area contributed by atoms with Gasteiger partial charge in [-0.3, -0.25) is 0 Å². The number of nitrogens with zero attached hydrogens (tertiary/aromatic N) is 4. The van der Waals surface area contributed by atoms with Crippen LogP contribution in [0.1, 0.15) is 83.1 Å². The molecule has 1 aliphatic carbocycles. The molecule has 0 unspecified atom stereocenters.